The third-order valence-corrected chi connectivity index (χ3v) is 6.59. The van der Waals surface area contributed by atoms with Crippen LogP contribution in [-0.2, 0) is 9.84 Å². The summed E-state index contributed by atoms with van der Waals surface area (Å²) in [7, 11) is -2.90. The van der Waals surface area contributed by atoms with Gasteiger partial charge in [-0.1, -0.05) is 6.07 Å². The Bertz CT molecular complexity index is 666. The quantitative estimate of drug-likeness (QED) is 0.909. The molecule has 4 nitrogen and oxygen atoms in total. The molecule has 1 aromatic carbocycles. The van der Waals surface area contributed by atoms with Gasteiger partial charge in [0.2, 0.25) is 0 Å². The number of halogens is 2. The van der Waals surface area contributed by atoms with Crippen LogP contribution < -0.4 is 0 Å². The van der Waals surface area contributed by atoms with Crippen LogP contribution in [0.25, 0.3) is 0 Å². The molecule has 1 aromatic rings. The highest BCUT2D eigenvalue weighted by Gasteiger charge is 2.35. The predicted octanol–water partition coefficient (Wildman–Crippen LogP) is 1.90. The first kappa shape index (κ1) is 16.8. The number of sulfone groups is 1. The zero-order chi connectivity index (χ0) is 16.6. The number of aliphatic hydroxyl groups excluding tert-OH is 1. The molecule has 7 heteroatoms. The lowest BCUT2D eigenvalue weighted by Gasteiger charge is -2.31. The van der Waals surface area contributed by atoms with Crippen molar-refractivity contribution in [2.24, 2.45) is 5.92 Å². The van der Waals surface area contributed by atoms with Crippen molar-refractivity contribution < 1.29 is 22.3 Å². The van der Waals surface area contributed by atoms with Crippen LogP contribution >= 0.6 is 0 Å². The summed E-state index contributed by atoms with van der Waals surface area (Å²) in [6.07, 6.45) is 1.23. The van der Waals surface area contributed by atoms with E-state index in [2.05, 4.69) is 4.90 Å². The number of likely N-dealkylation sites (tertiary alicyclic amines) is 1. The van der Waals surface area contributed by atoms with Crippen molar-refractivity contribution in [1.29, 1.82) is 0 Å². The van der Waals surface area contributed by atoms with Gasteiger partial charge in [0, 0.05) is 19.1 Å². The van der Waals surface area contributed by atoms with E-state index < -0.39 is 27.6 Å². The maximum Gasteiger partial charge on any atom is 0.159 e. The van der Waals surface area contributed by atoms with Crippen molar-refractivity contribution in [3.05, 3.63) is 35.4 Å². The van der Waals surface area contributed by atoms with Gasteiger partial charge in [0.1, 0.15) is 9.84 Å². The van der Waals surface area contributed by atoms with E-state index in [1.807, 2.05) is 0 Å². The third-order valence-electron chi connectivity index (χ3n) is 4.88. The lowest BCUT2D eigenvalue weighted by atomic mass is 9.99. The first-order valence-corrected chi connectivity index (χ1v) is 9.74. The summed E-state index contributed by atoms with van der Waals surface area (Å²) in [6.45, 7) is 1.16. The van der Waals surface area contributed by atoms with E-state index in [4.69, 9.17) is 0 Å². The Kier molecular flexibility index (Phi) is 4.71. The average molecular weight is 345 g/mol. The molecular formula is C16H21F2NO3S. The number of rotatable bonds is 3. The normalized spacial score (nSPS) is 29.0. The fourth-order valence-electron chi connectivity index (χ4n) is 3.60. The molecule has 3 rings (SSSR count). The molecule has 0 aromatic heterocycles. The second-order valence-electron chi connectivity index (χ2n) is 6.63. The monoisotopic (exact) mass is 345 g/mol. The predicted molar refractivity (Wildman–Crippen MR) is 82.7 cm³/mol. The zero-order valence-electron chi connectivity index (χ0n) is 12.8. The molecule has 2 fully saturated rings. The average Bonchev–Trinajstić information content (AvgIpc) is 2.85. The standard InChI is InChI=1S/C16H21F2NO3S/c17-14-2-1-12(7-15(14)18)16-8-13(20)10-19(16)9-11-3-5-23(21,22)6-4-11/h1-2,7,11,13,16,20H,3-6,8-10H2/t13-,16+/m1/s1. The number of hydrogen-bond acceptors (Lipinski definition) is 4. The van der Waals surface area contributed by atoms with Gasteiger partial charge in [0.25, 0.3) is 0 Å². The SMILES string of the molecule is O=S1(=O)CCC(CN2C[C@H](O)C[C@H]2c2ccc(F)c(F)c2)CC1. The molecule has 23 heavy (non-hydrogen) atoms. The molecule has 2 aliphatic rings. The van der Waals surface area contributed by atoms with E-state index >= 15 is 0 Å². The Balaban J connectivity index is 1.71. The van der Waals surface area contributed by atoms with Crippen LogP contribution in [0.5, 0.6) is 0 Å². The molecule has 0 amide bonds. The Morgan fingerprint density at radius 2 is 1.87 bits per heavy atom. The summed E-state index contributed by atoms with van der Waals surface area (Å²) in [6, 6.07) is 3.70. The molecule has 2 heterocycles. The largest absolute Gasteiger partial charge is 0.392 e. The highest BCUT2D eigenvalue weighted by Crippen LogP contribution is 2.34. The van der Waals surface area contributed by atoms with Crippen LogP contribution in [0.1, 0.15) is 30.9 Å². The summed E-state index contributed by atoms with van der Waals surface area (Å²) in [5.74, 6) is -1.08. The minimum Gasteiger partial charge on any atom is -0.392 e. The fourth-order valence-corrected chi connectivity index (χ4v) is 5.19. The van der Waals surface area contributed by atoms with Gasteiger partial charge in [-0.15, -0.1) is 0 Å². The molecule has 0 unspecified atom stereocenters. The molecule has 2 atom stereocenters. The first-order chi connectivity index (χ1) is 10.8. The zero-order valence-corrected chi connectivity index (χ0v) is 13.6. The summed E-state index contributed by atoms with van der Waals surface area (Å²) in [5.41, 5.74) is 0.656. The number of nitrogens with zero attached hydrogens (tertiary/aromatic N) is 1. The van der Waals surface area contributed by atoms with E-state index in [-0.39, 0.29) is 23.5 Å². The Hall–Kier alpha value is -1.05. The van der Waals surface area contributed by atoms with Gasteiger partial charge < -0.3 is 5.11 Å². The van der Waals surface area contributed by atoms with E-state index in [1.165, 1.54) is 6.07 Å². The van der Waals surface area contributed by atoms with Crippen molar-refractivity contribution in [2.45, 2.75) is 31.4 Å². The molecule has 2 aliphatic heterocycles. The Morgan fingerprint density at radius 1 is 1.17 bits per heavy atom. The van der Waals surface area contributed by atoms with Crippen molar-refractivity contribution >= 4 is 9.84 Å². The molecule has 0 aliphatic carbocycles. The number of aliphatic hydroxyl groups is 1. The van der Waals surface area contributed by atoms with Gasteiger partial charge in [0.05, 0.1) is 17.6 Å². The van der Waals surface area contributed by atoms with Crippen molar-refractivity contribution in [3.8, 4) is 0 Å². The highest BCUT2D eigenvalue weighted by molar-refractivity contribution is 7.91. The molecular weight excluding hydrogens is 324 g/mol. The van der Waals surface area contributed by atoms with Crippen LogP contribution in [0.15, 0.2) is 18.2 Å². The van der Waals surface area contributed by atoms with Crippen LogP contribution in [-0.4, -0.2) is 49.1 Å². The summed E-state index contributed by atoms with van der Waals surface area (Å²) in [5, 5.41) is 9.96. The van der Waals surface area contributed by atoms with Crippen LogP contribution in [0.3, 0.4) is 0 Å². The summed E-state index contributed by atoms with van der Waals surface area (Å²) in [4.78, 5) is 2.07. The van der Waals surface area contributed by atoms with Crippen LogP contribution in [0.4, 0.5) is 8.78 Å². The van der Waals surface area contributed by atoms with E-state index in [9.17, 15) is 22.3 Å². The topological polar surface area (TPSA) is 57.6 Å². The second kappa shape index (κ2) is 6.45. The summed E-state index contributed by atoms with van der Waals surface area (Å²) < 4.78 is 49.6. The Labute approximate surface area is 135 Å². The molecule has 0 spiro atoms. The van der Waals surface area contributed by atoms with Gasteiger partial charge >= 0.3 is 0 Å². The Morgan fingerprint density at radius 3 is 2.52 bits per heavy atom. The number of benzene rings is 1. The van der Waals surface area contributed by atoms with Crippen LogP contribution in [0, 0.1) is 17.6 Å². The van der Waals surface area contributed by atoms with Gasteiger partial charge in [-0.3, -0.25) is 4.90 Å². The molecule has 0 radical (unpaired) electrons. The summed E-state index contributed by atoms with van der Waals surface area (Å²) >= 11 is 0. The number of β-amino-alcohol motifs (C(OH)–C–C–N with tert-alkyl or cyclic N) is 1. The van der Waals surface area contributed by atoms with Gasteiger partial charge in [-0.25, -0.2) is 17.2 Å². The van der Waals surface area contributed by atoms with Crippen LogP contribution in [0.2, 0.25) is 0 Å². The van der Waals surface area contributed by atoms with Gasteiger partial charge in [-0.2, -0.15) is 0 Å². The third kappa shape index (κ3) is 3.89. The molecule has 0 saturated carbocycles. The highest BCUT2D eigenvalue weighted by atomic mass is 32.2. The fraction of sp³-hybridized carbons (Fsp3) is 0.625. The molecule has 1 N–H and O–H groups in total. The van der Waals surface area contributed by atoms with E-state index in [0.29, 0.717) is 37.9 Å². The van der Waals surface area contributed by atoms with E-state index in [1.54, 1.807) is 6.07 Å². The minimum atomic E-state index is -2.90. The molecule has 128 valence electrons. The maximum atomic E-state index is 13.5. The van der Waals surface area contributed by atoms with E-state index in [0.717, 1.165) is 6.07 Å². The minimum absolute atomic E-state index is 0.154. The van der Waals surface area contributed by atoms with Gasteiger partial charge in [0.15, 0.2) is 11.6 Å². The van der Waals surface area contributed by atoms with Crippen molar-refractivity contribution in [3.63, 3.8) is 0 Å². The lowest BCUT2D eigenvalue weighted by Crippen LogP contribution is -2.34. The first-order valence-electron chi connectivity index (χ1n) is 7.91. The molecule has 2 saturated heterocycles. The molecule has 0 bridgehead atoms. The smallest absolute Gasteiger partial charge is 0.159 e. The lowest BCUT2D eigenvalue weighted by molar-refractivity contribution is 0.163. The maximum absolute atomic E-state index is 13.5. The second-order valence-corrected chi connectivity index (χ2v) is 8.93. The number of hydrogen-bond donors (Lipinski definition) is 1. The van der Waals surface area contributed by atoms with Crippen molar-refractivity contribution in [2.75, 3.05) is 24.6 Å². The van der Waals surface area contributed by atoms with Gasteiger partial charge in [-0.05, 0) is 42.9 Å². The van der Waals surface area contributed by atoms with Crippen molar-refractivity contribution in [1.82, 2.24) is 4.90 Å².